The van der Waals surface area contributed by atoms with E-state index in [2.05, 4.69) is 6.58 Å². The first-order chi connectivity index (χ1) is 19.6. The maximum atomic E-state index is 12.7. The second-order valence-electron chi connectivity index (χ2n) is 11.3. The zero-order valence-corrected chi connectivity index (χ0v) is 23.8. The molecule has 0 atom stereocenters. The maximum absolute atomic E-state index is 12.7. The molecule has 2 fully saturated rings. The van der Waals surface area contributed by atoms with Crippen molar-refractivity contribution in [3.63, 3.8) is 0 Å². The van der Waals surface area contributed by atoms with Gasteiger partial charge in [0.2, 0.25) is 11.8 Å². The Kier molecular flexibility index (Phi) is 9.81. The van der Waals surface area contributed by atoms with Crippen LogP contribution in [0.3, 0.4) is 0 Å². The van der Waals surface area contributed by atoms with Gasteiger partial charge in [0, 0.05) is 45.3 Å². The summed E-state index contributed by atoms with van der Waals surface area (Å²) < 4.78 is 16.7. The Morgan fingerprint density at radius 1 is 0.927 bits per heavy atom. The normalized spacial score (nSPS) is 17.2. The predicted octanol–water partition coefficient (Wildman–Crippen LogP) is 4.72. The molecule has 0 saturated carbocycles. The largest absolute Gasteiger partial charge is 0.490 e. The Labute approximate surface area is 241 Å². The smallest absolute Gasteiger partial charge is 0.415 e. The highest BCUT2D eigenvalue weighted by atomic mass is 16.6. The number of rotatable bonds is 10. The van der Waals surface area contributed by atoms with E-state index in [0.717, 1.165) is 11.1 Å². The minimum absolute atomic E-state index is 0.0218. The van der Waals surface area contributed by atoms with Gasteiger partial charge in [0.1, 0.15) is 24.2 Å². The van der Waals surface area contributed by atoms with Gasteiger partial charge in [-0.3, -0.25) is 19.3 Å². The van der Waals surface area contributed by atoms with E-state index < -0.39 is 6.09 Å². The van der Waals surface area contributed by atoms with Crippen LogP contribution in [0.1, 0.15) is 50.7 Å². The fraction of sp³-hybridized carbons (Fsp3) is 0.438. The zero-order valence-electron chi connectivity index (χ0n) is 23.8. The van der Waals surface area contributed by atoms with Gasteiger partial charge in [0.05, 0.1) is 6.42 Å². The van der Waals surface area contributed by atoms with Crippen molar-refractivity contribution in [1.82, 2.24) is 9.80 Å². The summed E-state index contributed by atoms with van der Waals surface area (Å²) in [6.07, 6.45) is 3.94. The lowest BCUT2D eigenvalue weighted by molar-refractivity contribution is -0.152. The highest BCUT2D eigenvalue weighted by Gasteiger charge is 2.37. The number of carbonyl (C=O) groups excluding carboxylic acids is 4. The first-order valence-electron chi connectivity index (χ1n) is 14.0. The number of hydrogen-bond acceptors (Lipinski definition) is 7. The van der Waals surface area contributed by atoms with Crippen LogP contribution in [0.4, 0.5) is 4.79 Å². The third-order valence-electron chi connectivity index (χ3n) is 7.25. The fourth-order valence-electron chi connectivity index (χ4n) is 5.00. The van der Waals surface area contributed by atoms with Gasteiger partial charge in [-0.25, -0.2) is 4.79 Å². The molecule has 0 aromatic heterocycles. The Balaban J connectivity index is 1.18. The molecule has 2 heterocycles. The molecule has 9 nitrogen and oxygen atoms in total. The summed E-state index contributed by atoms with van der Waals surface area (Å²) >= 11 is 0. The fourth-order valence-corrected chi connectivity index (χ4v) is 5.00. The van der Waals surface area contributed by atoms with Crippen molar-refractivity contribution in [1.29, 1.82) is 0 Å². The molecule has 3 amide bonds. The molecule has 2 aliphatic rings. The van der Waals surface area contributed by atoms with Crippen LogP contribution >= 0.6 is 0 Å². The summed E-state index contributed by atoms with van der Waals surface area (Å²) in [5.74, 6) is 0.608. The summed E-state index contributed by atoms with van der Waals surface area (Å²) in [5.41, 5.74) is 1.51. The SMILES string of the molecule is C=CCOC(=O)Cc1ccc(OC2CCN(C(=O)Oc3ccc(CCN4C(=O)CC(C)(C)CC4=O)cc3)CC2)cc1. The van der Waals surface area contributed by atoms with Crippen molar-refractivity contribution < 1.29 is 33.4 Å². The standard InChI is InChI=1S/C32H38N2O7/c1-4-19-39-30(37)20-24-7-11-25(12-8-24)40-27-14-16-33(17-15-27)31(38)41-26-9-5-23(6-10-26)13-18-34-28(35)21-32(2,3)22-29(34)36/h4-12,27H,1,13-22H2,2-3H3. The Bertz CT molecular complexity index is 1230. The summed E-state index contributed by atoms with van der Waals surface area (Å²) in [6, 6.07) is 14.5. The van der Waals surface area contributed by atoms with Crippen LogP contribution in [-0.4, -0.2) is 66.0 Å². The van der Waals surface area contributed by atoms with Crippen molar-refractivity contribution in [2.45, 2.75) is 58.5 Å². The molecule has 4 rings (SSSR count). The number of esters is 1. The van der Waals surface area contributed by atoms with Gasteiger partial charge in [0.25, 0.3) is 0 Å². The third kappa shape index (κ3) is 8.67. The molecular weight excluding hydrogens is 524 g/mol. The number of amides is 3. The quantitative estimate of drug-likeness (QED) is 0.235. The second kappa shape index (κ2) is 13.5. The van der Waals surface area contributed by atoms with Crippen molar-refractivity contribution in [2.75, 3.05) is 26.2 Å². The van der Waals surface area contributed by atoms with Crippen LogP contribution in [0.15, 0.2) is 61.2 Å². The summed E-state index contributed by atoms with van der Waals surface area (Å²) in [7, 11) is 0. The van der Waals surface area contributed by atoms with E-state index in [1.807, 2.05) is 50.2 Å². The molecule has 0 radical (unpaired) electrons. The number of nitrogens with zero attached hydrogens (tertiary/aromatic N) is 2. The van der Waals surface area contributed by atoms with E-state index in [-0.39, 0.29) is 42.3 Å². The third-order valence-corrected chi connectivity index (χ3v) is 7.25. The van der Waals surface area contributed by atoms with E-state index in [1.165, 1.54) is 11.0 Å². The number of carbonyl (C=O) groups is 4. The van der Waals surface area contributed by atoms with Crippen LogP contribution in [0, 0.1) is 5.41 Å². The Morgan fingerprint density at radius 2 is 1.51 bits per heavy atom. The summed E-state index contributed by atoms with van der Waals surface area (Å²) in [5, 5.41) is 0. The second-order valence-corrected chi connectivity index (χ2v) is 11.3. The maximum Gasteiger partial charge on any atom is 0.415 e. The molecule has 0 N–H and O–H groups in total. The number of hydrogen-bond donors (Lipinski definition) is 0. The predicted molar refractivity (Wildman–Crippen MR) is 152 cm³/mol. The molecular formula is C32H38N2O7. The number of likely N-dealkylation sites (tertiary alicyclic amines) is 2. The van der Waals surface area contributed by atoms with Gasteiger partial charge in [0.15, 0.2) is 0 Å². The molecule has 218 valence electrons. The average molecular weight is 563 g/mol. The minimum atomic E-state index is -0.406. The minimum Gasteiger partial charge on any atom is -0.490 e. The van der Waals surface area contributed by atoms with Gasteiger partial charge in [-0.15, -0.1) is 0 Å². The van der Waals surface area contributed by atoms with E-state index in [1.54, 1.807) is 17.0 Å². The number of benzene rings is 2. The van der Waals surface area contributed by atoms with Gasteiger partial charge in [-0.05, 0) is 47.2 Å². The highest BCUT2D eigenvalue weighted by Crippen LogP contribution is 2.31. The van der Waals surface area contributed by atoms with Gasteiger partial charge < -0.3 is 19.1 Å². The molecule has 2 aliphatic heterocycles. The number of imide groups is 1. The van der Waals surface area contributed by atoms with Crippen LogP contribution < -0.4 is 9.47 Å². The van der Waals surface area contributed by atoms with Crippen LogP contribution in [0.5, 0.6) is 11.5 Å². The van der Waals surface area contributed by atoms with Gasteiger partial charge in [-0.1, -0.05) is 50.8 Å². The molecule has 41 heavy (non-hydrogen) atoms. The molecule has 2 aromatic carbocycles. The van der Waals surface area contributed by atoms with Crippen LogP contribution in [-0.2, 0) is 32.0 Å². The lowest BCUT2D eigenvalue weighted by atomic mass is 9.81. The summed E-state index contributed by atoms with van der Waals surface area (Å²) in [6.45, 7) is 8.98. The topological polar surface area (TPSA) is 102 Å². The van der Waals surface area contributed by atoms with Crippen molar-refractivity contribution >= 4 is 23.9 Å². The van der Waals surface area contributed by atoms with E-state index in [0.29, 0.717) is 63.2 Å². The molecule has 0 bridgehead atoms. The highest BCUT2D eigenvalue weighted by molar-refractivity contribution is 5.98. The molecule has 0 unspecified atom stereocenters. The van der Waals surface area contributed by atoms with Crippen molar-refractivity contribution in [2.24, 2.45) is 5.41 Å². The molecule has 2 saturated heterocycles. The Morgan fingerprint density at radius 3 is 2.12 bits per heavy atom. The van der Waals surface area contributed by atoms with Crippen LogP contribution in [0.25, 0.3) is 0 Å². The van der Waals surface area contributed by atoms with Crippen molar-refractivity contribution in [3.05, 3.63) is 72.3 Å². The molecule has 9 heteroatoms. The number of ether oxygens (including phenoxy) is 3. The van der Waals surface area contributed by atoms with Crippen LogP contribution in [0.2, 0.25) is 0 Å². The molecule has 0 spiro atoms. The lowest BCUT2D eigenvalue weighted by Crippen LogP contribution is -2.46. The number of piperidine rings is 2. The average Bonchev–Trinajstić information content (AvgIpc) is 2.93. The lowest BCUT2D eigenvalue weighted by Gasteiger charge is -2.34. The van der Waals surface area contributed by atoms with Gasteiger partial charge >= 0.3 is 12.1 Å². The van der Waals surface area contributed by atoms with E-state index >= 15 is 0 Å². The summed E-state index contributed by atoms with van der Waals surface area (Å²) in [4.78, 5) is 52.2. The van der Waals surface area contributed by atoms with Gasteiger partial charge in [-0.2, -0.15) is 0 Å². The monoisotopic (exact) mass is 562 g/mol. The first-order valence-corrected chi connectivity index (χ1v) is 14.0. The first kappa shape index (κ1) is 29.8. The van der Waals surface area contributed by atoms with Crippen molar-refractivity contribution in [3.8, 4) is 11.5 Å². The Hall–Kier alpha value is -4.14. The molecule has 0 aliphatic carbocycles. The molecule has 2 aromatic rings. The zero-order chi connectivity index (χ0) is 29.4. The van der Waals surface area contributed by atoms with E-state index in [9.17, 15) is 19.2 Å². The van der Waals surface area contributed by atoms with E-state index in [4.69, 9.17) is 14.2 Å².